The molecule has 1 fully saturated rings. The molecule has 2 aliphatic rings. The minimum absolute atomic E-state index is 0.192. The second-order valence-corrected chi connectivity index (χ2v) is 7.10. The van der Waals surface area contributed by atoms with E-state index in [0.717, 1.165) is 47.7 Å². The van der Waals surface area contributed by atoms with Crippen molar-refractivity contribution >= 4 is 28.2 Å². The molecule has 22 heavy (non-hydrogen) atoms. The Hall–Kier alpha value is -1.86. The highest BCUT2D eigenvalue weighted by atomic mass is 32.2. The molecule has 4 rings (SSSR count). The molecular formula is C15H18N4O2S. The number of aromatic nitrogens is 2. The Morgan fingerprint density at radius 1 is 1.36 bits per heavy atom. The lowest BCUT2D eigenvalue weighted by atomic mass is 10.0. The lowest BCUT2D eigenvalue weighted by molar-refractivity contribution is 0.181. The molecule has 1 aromatic carbocycles. The summed E-state index contributed by atoms with van der Waals surface area (Å²) in [5.74, 6) is 1.61. The second kappa shape index (κ2) is 5.40. The Labute approximate surface area is 130 Å². The van der Waals surface area contributed by atoms with Gasteiger partial charge >= 0.3 is 0 Å². The average molecular weight is 318 g/mol. The summed E-state index contributed by atoms with van der Waals surface area (Å²) in [4.78, 5) is 0. The van der Waals surface area contributed by atoms with Crippen LogP contribution in [0, 0.1) is 0 Å². The molecule has 1 aliphatic carbocycles. The van der Waals surface area contributed by atoms with E-state index in [1.165, 1.54) is 0 Å². The molecule has 116 valence electrons. The Morgan fingerprint density at radius 3 is 3.09 bits per heavy atom. The first-order valence-electron chi connectivity index (χ1n) is 7.46. The quantitative estimate of drug-likeness (QED) is 0.699. The molecule has 1 aromatic heterocycles. The zero-order valence-electron chi connectivity index (χ0n) is 12.0. The van der Waals surface area contributed by atoms with Gasteiger partial charge in [-0.05, 0) is 31.4 Å². The maximum Gasteiger partial charge on any atom is 0.152 e. The van der Waals surface area contributed by atoms with Gasteiger partial charge in [-0.1, -0.05) is 6.07 Å². The number of rotatable bonds is 3. The van der Waals surface area contributed by atoms with Crippen LogP contribution in [0.15, 0.2) is 24.3 Å². The number of aromatic amines is 1. The predicted octanol–water partition coefficient (Wildman–Crippen LogP) is 2.37. The third-order valence-corrected chi connectivity index (χ3v) is 5.38. The van der Waals surface area contributed by atoms with Crippen LogP contribution in [0.3, 0.4) is 0 Å². The summed E-state index contributed by atoms with van der Waals surface area (Å²) < 4.78 is 14.6. The number of aliphatic hydroxyl groups is 1. The molecule has 0 amide bonds. The van der Waals surface area contributed by atoms with Gasteiger partial charge in [-0.3, -0.25) is 5.10 Å². The van der Waals surface area contributed by atoms with Gasteiger partial charge in [-0.15, -0.1) is 0 Å². The van der Waals surface area contributed by atoms with E-state index >= 15 is 0 Å². The predicted molar refractivity (Wildman–Crippen MR) is 86.4 cm³/mol. The molecule has 3 atom stereocenters. The molecule has 1 saturated carbocycles. The molecular weight excluding hydrogens is 300 g/mol. The largest absolute Gasteiger partial charge is 0.393 e. The van der Waals surface area contributed by atoms with Crippen LogP contribution in [0.4, 0.5) is 17.2 Å². The molecule has 3 unspecified atom stereocenters. The summed E-state index contributed by atoms with van der Waals surface area (Å²) in [6.45, 7) is 0. The number of benzene rings is 1. The molecule has 6 nitrogen and oxygen atoms in total. The topological polar surface area (TPSA) is 90.0 Å². The van der Waals surface area contributed by atoms with Gasteiger partial charge in [0.15, 0.2) is 5.82 Å². The van der Waals surface area contributed by atoms with E-state index in [1.54, 1.807) is 0 Å². The number of nitrogens with zero attached hydrogens (tertiary/aromatic N) is 1. The highest BCUT2D eigenvalue weighted by molar-refractivity contribution is 7.86. The number of hydrogen-bond donors (Lipinski definition) is 4. The van der Waals surface area contributed by atoms with Gasteiger partial charge in [0.2, 0.25) is 0 Å². The van der Waals surface area contributed by atoms with Crippen LogP contribution in [-0.2, 0) is 16.7 Å². The summed E-state index contributed by atoms with van der Waals surface area (Å²) >= 11 is 0. The summed E-state index contributed by atoms with van der Waals surface area (Å²) in [5.41, 5.74) is 3.94. The molecule has 2 aromatic rings. The lowest BCUT2D eigenvalue weighted by Gasteiger charge is -2.07. The first kappa shape index (κ1) is 13.8. The fourth-order valence-electron chi connectivity index (χ4n) is 3.23. The molecule has 2 heterocycles. The SMILES string of the molecule is O=S1Cc2c(Nc3cc(C4CCC(O)C4)[nH]n3)cccc2N1. The van der Waals surface area contributed by atoms with Gasteiger partial charge in [0.05, 0.1) is 17.5 Å². The number of aliphatic hydroxyl groups excluding tert-OH is 1. The highest BCUT2D eigenvalue weighted by Crippen LogP contribution is 2.36. The maximum absolute atomic E-state index is 11.6. The Morgan fingerprint density at radius 2 is 2.27 bits per heavy atom. The fourth-order valence-corrected chi connectivity index (χ4v) is 4.31. The summed E-state index contributed by atoms with van der Waals surface area (Å²) in [6.07, 6.45) is 2.46. The molecule has 0 bridgehead atoms. The van der Waals surface area contributed by atoms with Crippen LogP contribution in [-0.4, -0.2) is 25.6 Å². The monoisotopic (exact) mass is 318 g/mol. The molecule has 4 N–H and O–H groups in total. The van der Waals surface area contributed by atoms with Crippen molar-refractivity contribution in [2.75, 3.05) is 10.0 Å². The Kier molecular flexibility index (Phi) is 3.38. The summed E-state index contributed by atoms with van der Waals surface area (Å²) in [5, 5.41) is 20.3. The highest BCUT2D eigenvalue weighted by Gasteiger charge is 2.26. The maximum atomic E-state index is 11.6. The molecule has 0 radical (unpaired) electrons. The van der Waals surface area contributed by atoms with Crippen molar-refractivity contribution in [3.8, 4) is 0 Å². The van der Waals surface area contributed by atoms with Gasteiger partial charge < -0.3 is 15.1 Å². The van der Waals surface area contributed by atoms with E-state index in [1.807, 2.05) is 24.3 Å². The standard InChI is InChI=1S/C15H18N4O2S/c20-10-5-4-9(6-10)14-7-15(18-17-14)16-12-2-1-3-13-11(12)8-22(21)19-13/h1-3,7,9-10,19-20H,4-6,8H2,(H2,16,17,18). The van der Waals surface area contributed by atoms with Crippen LogP contribution in [0.25, 0.3) is 0 Å². The van der Waals surface area contributed by atoms with E-state index in [-0.39, 0.29) is 6.10 Å². The minimum atomic E-state index is -1.03. The van der Waals surface area contributed by atoms with Gasteiger partial charge in [0.1, 0.15) is 11.0 Å². The van der Waals surface area contributed by atoms with E-state index in [4.69, 9.17) is 0 Å². The number of anilines is 3. The van der Waals surface area contributed by atoms with Crippen LogP contribution in [0.1, 0.15) is 36.4 Å². The third kappa shape index (κ3) is 2.50. The third-order valence-electron chi connectivity index (χ3n) is 4.38. The van der Waals surface area contributed by atoms with E-state index in [0.29, 0.717) is 11.7 Å². The second-order valence-electron chi connectivity index (χ2n) is 5.92. The molecule has 7 heteroatoms. The number of hydrogen-bond acceptors (Lipinski definition) is 4. The van der Waals surface area contributed by atoms with Gasteiger partial charge in [-0.25, -0.2) is 4.21 Å². The van der Waals surface area contributed by atoms with Gasteiger partial charge in [0, 0.05) is 28.9 Å². The van der Waals surface area contributed by atoms with E-state index < -0.39 is 11.0 Å². The molecule has 0 saturated heterocycles. The number of H-pyrrole nitrogens is 1. The van der Waals surface area contributed by atoms with Crippen LogP contribution in [0.5, 0.6) is 0 Å². The van der Waals surface area contributed by atoms with Crippen molar-refractivity contribution < 1.29 is 9.32 Å². The van der Waals surface area contributed by atoms with Crippen molar-refractivity contribution in [2.45, 2.75) is 37.0 Å². The van der Waals surface area contributed by atoms with Crippen LogP contribution < -0.4 is 10.0 Å². The number of nitrogens with one attached hydrogen (secondary N) is 3. The first-order valence-corrected chi connectivity index (χ1v) is 8.78. The van der Waals surface area contributed by atoms with E-state index in [9.17, 15) is 9.32 Å². The van der Waals surface area contributed by atoms with Crippen molar-refractivity contribution in [1.29, 1.82) is 0 Å². The smallest absolute Gasteiger partial charge is 0.152 e. The van der Waals surface area contributed by atoms with Crippen molar-refractivity contribution in [2.24, 2.45) is 0 Å². The van der Waals surface area contributed by atoms with Crippen molar-refractivity contribution in [1.82, 2.24) is 10.2 Å². The Balaban J connectivity index is 1.54. The van der Waals surface area contributed by atoms with Gasteiger partial charge in [-0.2, -0.15) is 5.10 Å². The van der Waals surface area contributed by atoms with Crippen molar-refractivity contribution in [3.63, 3.8) is 0 Å². The normalized spacial score (nSPS) is 26.7. The lowest BCUT2D eigenvalue weighted by Crippen LogP contribution is -1.99. The summed E-state index contributed by atoms with van der Waals surface area (Å²) in [6, 6.07) is 7.83. The molecule has 1 aliphatic heterocycles. The van der Waals surface area contributed by atoms with Crippen molar-refractivity contribution in [3.05, 3.63) is 35.5 Å². The van der Waals surface area contributed by atoms with E-state index in [2.05, 4.69) is 20.2 Å². The Bertz CT molecular complexity index is 730. The fraction of sp³-hybridized carbons (Fsp3) is 0.400. The number of fused-ring (bicyclic) bond motifs is 1. The van der Waals surface area contributed by atoms with Gasteiger partial charge in [0.25, 0.3) is 0 Å². The van der Waals surface area contributed by atoms with Crippen LogP contribution in [0.2, 0.25) is 0 Å². The zero-order valence-corrected chi connectivity index (χ0v) is 12.8. The average Bonchev–Trinajstić information content (AvgIpc) is 3.18. The van der Waals surface area contributed by atoms with Crippen LogP contribution >= 0.6 is 0 Å². The first-order chi connectivity index (χ1) is 10.7. The minimum Gasteiger partial charge on any atom is -0.393 e. The molecule has 0 spiro atoms. The zero-order chi connectivity index (χ0) is 15.1. The summed E-state index contributed by atoms with van der Waals surface area (Å²) in [7, 11) is -1.03.